The Hall–Kier alpha value is -0.570. The molecule has 0 atom stereocenters. The molecule has 3 heteroatoms. The SMILES string of the molecule is CC(C)C1CN(C(=O)CC(C)(C)CN(C)CC2CC2)C1. The summed E-state index contributed by atoms with van der Waals surface area (Å²) in [7, 11) is 2.20. The van der Waals surface area contributed by atoms with Gasteiger partial charge >= 0.3 is 0 Å². The smallest absolute Gasteiger partial charge is 0.223 e. The minimum absolute atomic E-state index is 0.0869. The van der Waals surface area contributed by atoms with Crippen molar-refractivity contribution >= 4 is 5.91 Å². The summed E-state index contributed by atoms with van der Waals surface area (Å²) in [6, 6.07) is 0. The molecule has 2 fully saturated rings. The molecule has 0 aromatic rings. The molecule has 0 aromatic carbocycles. The Morgan fingerprint density at radius 3 is 2.40 bits per heavy atom. The maximum Gasteiger partial charge on any atom is 0.223 e. The lowest BCUT2D eigenvalue weighted by atomic mass is 9.84. The van der Waals surface area contributed by atoms with Gasteiger partial charge in [-0.15, -0.1) is 0 Å². The lowest BCUT2D eigenvalue weighted by molar-refractivity contribution is -0.141. The van der Waals surface area contributed by atoms with E-state index in [1.54, 1.807) is 0 Å². The molecular formula is C17H32N2O. The predicted molar refractivity (Wildman–Crippen MR) is 83.5 cm³/mol. The van der Waals surface area contributed by atoms with E-state index in [1.165, 1.54) is 19.4 Å². The second kappa shape index (κ2) is 6.05. The van der Waals surface area contributed by atoms with Crippen molar-refractivity contribution in [3.8, 4) is 0 Å². The molecule has 1 saturated carbocycles. The third kappa shape index (κ3) is 4.47. The van der Waals surface area contributed by atoms with Crippen LogP contribution in [0, 0.1) is 23.2 Å². The molecule has 2 rings (SSSR count). The number of amides is 1. The van der Waals surface area contributed by atoms with Gasteiger partial charge in [-0.05, 0) is 43.1 Å². The predicted octanol–water partition coefficient (Wildman–Crippen LogP) is 2.86. The monoisotopic (exact) mass is 280 g/mol. The molecule has 0 spiro atoms. The molecule has 1 aliphatic carbocycles. The molecule has 3 nitrogen and oxygen atoms in total. The molecule has 1 saturated heterocycles. The van der Waals surface area contributed by atoms with Gasteiger partial charge in [0.15, 0.2) is 0 Å². The standard InChI is InChI=1S/C17H32N2O/c1-13(2)15-10-19(11-15)16(20)8-17(3,4)12-18(5)9-14-6-7-14/h13-15H,6-12H2,1-5H3. The summed E-state index contributed by atoms with van der Waals surface area (Å²) in [5.41, 5.74) is 0.0869. The molecule has 0 aromatic heterocycles. The molecule has 1 aliphatic heterocycles. The van der Waals surface area contributed by atoms with E-state index in [9.17, 15) is 4.79 Å². The zero-order chi connectivity index (χ0) is 14.9. The third-order valence-electron chi connectivity index (χ3n) is 4.80. The molecule has 1 heterocycles. The minimum Gasteiger partial charge on any atom is -0.342 e. The van der Waals surface area contributed by atoms with Crippen LogP contribution in [0.5, 0.6) is 0 Å². The summed E-state index contributed by atoms with van der Waals surface area (Å²) in [5.74, 6) is 2.71. The average molecular weight is 280 g/mol. The molecular weight excluding hydrogens is 248 g/mol. The largest absolute Gasteiger partial charge is 0.342 e. The highest BCUT2D eigenvalue weighted by Crippen LogP contribution is 2.32. The van der Waals surface area contributed by atoms with Crippen LogP contribution in [0.2, 0.25) is 0 Å². The van der Waals surface area contributed by atoms with Crippen molar-refractivity contribution in [3.63, 3.8) is 0 Å². The van der Waals surface area contributed by atoms with Crippen LogP contribution in [0.4, 0.5) is 0 Å². The fourth-order valence-electron chi connectivity index (χ4n) is 3.25. The molecule has 0 bridgehead atoms. The highest BCUT2D eigenvalue weighted by atomic mass is 16.2. The average Bonchev–Trinajstić information content (AvgIpc) is 2.95. The number of nitrogens with zero attached hydrogens (tertiary/aromatic N) is 2. The summed E-state index contributed by atoms with van der Waals surface area (Å²) >= 11 is 0. The molecule has 2 aliphatic rings. The number of hydrogen-bond donors (Lipinski definition) is 0. The van der Waals surface area contributed by atoms with Gasteiger partial charge in [0.05, 0.1) is 0 Å². The lowest BCUT2D eigenvalue weighted by Gasteiger charge is -2.43. The quantitative estimate of drug-likeness (QED) is 0.716. The summed E-state index contributed by atoms with van der Waals surface area (Å²) < 4.78 is 0. The Balaban J connectivity index is 1.71. The first-order valence-electron chi connectivity index (χ1n) is 8.23. The van der Waals surface area contributed by atoms with Crippen molar-refractivity contribution in [2.45, 2.75) is 47.0 Å². The van der Waals surface area contributed by atoms with E-state index >= 15 is 0 Å². The van der Waals surface area contributed by atoms with Crippen molar-refractivity contribution in [1.29, 1.82) is 0 Å². The van der Waals surface area contributed by atoms with Crippen LogP contribution in [0.15, 0.2) is 0 Å². The highest BCUT2D eigenvalue weighted by molar-refractivity contribution is 5.77. The first-order valence-corrected chi connectivity index (χ1v) is 8.23. The number of likely N-dealkylation sites (tertiary alicyclic amines) is 1. The molecule has 0 radical (unpaired) electrons. The number of hydrogen-bond acceptors (Lipinski definition) is 2. The van der Waals surface area contributed by atoms with E-state index in [-0.39, 0.29) is 5.41 Å². The van der Waals surface area contributed by atoms with Crippen LogP contribution in [0.25, 0.3) is 0 Å². The third-order valence-corrected chi connectivity index (χ3v) is 4.80. The second-order valence-corrected chi connectivity index (χ2v) is 8.28. The van der Waals surface area contributed by atoms with E-state index in [0.29, 0.717) is 18.2 Å². The Labute approximate surface area is 124 Å². The van der Waals surface area contributed by atoms with Crippen LogP contribution in [0.1, 0.15) is 47.0 Å². The minimum atomic E-state index is 0.0869. The van der Waals surface area contributed by atoms with E-state index in [1.807, 2.05) is 4.90 Å². The number of carbonyl (C=O) groups is 1. The van der Waals surface area contributed by atoms with E-state index in [0.717, 1.165) is 31.5 Å². The normalized spacial score (nSPS) is 20.6. The van der Waals surface area contributed by atoms with Crippen molar-refractivity contribution < 1.29 is 4.79 Å². The van der Waals surface area contributed by atoms with E-state index in [4.69, 9.17) is 0 Å². The summed E-state index contributed by atoms with van der Waals surface area (Å²) in [4.78, 5) is 16.8. The van der Waals surface area contributed by atoms with Gasteiger partial charge in [-0.25, -0.2) is 0 Å². The van der Waals surface area contributed by atoms with Crippen molar-refractivity contribution in [2.75, 3.05) is 33.2 Å². The van der Waals surface area contributed by atoms with Crippen LogP contribution in [-0.2, 0) is 4.79 Å². The van der Waals surface area contributed by atoms with Gasteiger partial charge in [0, 0.05) is 32.6 Å². The van der Waals surface area contributed by atoms with Crippen molar-refractivity contribution in [3.05, 3.63) is 0 Å². The van der Waals surface area contributed by atoms with Gasteiger partial charge in [-0.1, -0.05) is 27.7 Å². The van der Waals surface area contributed by atoms with Gasteiger partial charge in [0.2, 0.25) is 5.91 Å². The topological polar surface area (TPSA) is 23.6 Å². The summed E-state index contributed by atoms with van der Waals surface area (Å²) in [6.07, 6.45) is 3.48. The van der Waals surface area contributed by atoms with Crippen LogP contribution >= 0.6 is 0 Å². The summed E-state index contributed by atoms with van der Waals surface area (Å²) in [5, 5.41) is 0. The van der Waals surface area contributed by atoms with E-state index < -0.39 is 0 Å². The van der Waals surface area contributed by atoms with Gasteiger partial charge in [0.1, 0.15) is 0 Å². The number of carbonyl (C=O) groups excluding carboxylic acids is 1. The molecule has 1 amide bonds. The molecule has 0 unspecified atom stereocenters. The summed E-state index contributed by atoms with van der Waals surface area (Å²) in [6.45, 7) is 13.1. The van der Waals surface area contributed by atoms with E-state index in [2.05, 4.69) is 39.6 Å². The van der Waals surface area contributed by atoms with Crippen molar-refractivity contribution in [2.24, 2.45) is 23.2 Å². The fourth-order valence-corrected chi connectivity index (χ4v) is 3.25. The van der Waals surface area contributed by atoms with Gasteiger partial charge in [0.25, 0.3) is 0 Å². The van der Waals surface area contributed by atoms with Gasteiger partial charge in [-0.3, -0.25) is 4.79 Å². The Kier molecular flexibility index (Phi) is 4.78. The van der Waals surface area contributed by atoms with Gasteiger partial charge < -0.3 is 9.80 Å². The Bertz CT molecular complexity index is 341. The second-order valence-electron chi connectivity index (χ2n) is 8.28. The first kappa shape index (κ1) is 15.8. The lowest BCUT2D eigenvalue weighted by Crippen LogP contribution is -2.53. The molecule has 116 valence electrons. The fraction of sp³-hybridized carbons (Fsp3) is 0.941. The van der Waals surface area contributed by atoms with Crippen molar-refractivity contribution in [1.82, 2.24) is 9.80 Å². The van der Waals surface area contributed by atoms with Crippen LogP contribution in [-0.4, -0.2) is 48.9 Å². The highest BCUT2D eigenvalue weighted by Gasteiger charge is 2.35. The Morgan fingerprint density at radius 2 is 1.90 bits per heavy atom. The molecule has 20 heavy (non-hydrogen) atoms. The first-order chi connectivity index (χ1) is 9.27. The van der Waals surface area contributed by atoms with Crippen LogP contribution in [0.3, 0.4) is 0 Å². The zero-order valence-corrected chi connectivity index (χ0v) is 14.0. The number of rotatable bonds is 7. The zero-order valence-electron chi connectivity index (χ0n) is 14.0. The maximum atomic E-state index is 12.3. The maximum absolute atomic E-state index is 12.3. The van der Waals surface area contributed by atoms with Crippen LogP contribution < -0.4 is 0 Å². The molecule has 0 N–H and O–H groups in total. The van der Waals surface area contributed by atoms with Gasteiger partial charge in [-0.2, -0.15) is 0 Å². The Morgan fingerprint density at radius 1 is 1.30 bits per heavy atom.